The van der Waals surface area contributed by atoms with Crippen LogP contribution in [0.25, 0.3) is 72.1 Å². The Morgan fingerprint density at radius 2 is 1.03 bits per heavy atom. The Morgan fingerprint density at radius 3 is 1.70 bits per heavy atom. The summed E-state index contributed by atoms with van der Waals surface area (Å²) < 4.78 is 38.0. The summed E-state index contributed by atoms with van der Waals surface area (Å²) >= 11 is 0. The van der Waals surface area contributed by atoms with Crippen LogP contribution in [-0.4, -0.2) is 16.2 Å². The number of pyridine rings is 1. The van der Waals surface area contributed by atoms with Gasteiger partial charge in [0.2, 0.25) is 0 Å². The molecular weight excluding hydrogens is 1140 g/mol. The third-order valence-electron chi connectivity index (χ3n) is 21.5. The van der Waals surface area contributed by atoms with Crippen LogP contribution in [0.15, 0.2) is 194 Å². The van der Waals surface area contributed by atoms with Gasteiger partial charge >= 0.3 is 0 Å². The highest BCUT2D eigenvalue weighted by molar-refractivity contribution is 6.16. The highest BCUT2D eigenvalue weighted by Crippen LogP contribution is 2.59. The number of ether oxygens (including phenoxy) is 1. The van der Waals surface area contributed by atoms with Gasteiger partial charge in [-0.3, -0.25) is 4.57 Å². The summed E-state index contributed by atoms with van der Waals surface area (Å²) in [6.07, 6.45) is 6.02. The summed E-state index contributed by atoms with van der Waals surface area (Å²) in [4.78, 5) is 10.5. The van der Waals surface area contributed by atoms with Gasteiger partial charge < -0.3 is 14.5 Å². The number of hydrogen-bond donors (Lipinski definition) is 0. The first-order valence-corrected chi connectivity index (χ1v) is 34.3. The third-order valence-corrected chi connectivity index (χ3v) is 21.5. The Labute approximate surface area is 565 Å². The van der Waals surface area contributed by atoms with Crippen LogP contribution in [-0.2, 0) is 37.9 Å². The van der Waals surface area contributed by atoms with Crippen LogP contribution in [0.5, 0.6) is 11.5 Å². The number of nitrogens with zero attached hydrogens (tertiary/aromatic N) is 4. The van der Waals surface area contributed by atoms with E-state index in [9.17, 15) is 4.11 Å². The molecule has 0 unspecified atom stereocenters. The van der Waals surface area contributed by atoms with E-state index in [4.69, 9.17) is 9.72 Å². The summed E-state index contributed by atoms with van der Waals surface area (Å²) in [5.74, 6) is 1.87. The molecule has 0 bridgehead atoms. The topological polar surface area (TPSA) is 33.5 Å². The quantitative estimate of drug-likeness (QED) is 0.144. The van der Waals surface area contributed by atoms with Gasteiger partial charge in [-0.25, -0.2) is 4.98 Å². The second-order valence-electron chi connectivity index (χ2n) is 33.2. The van der Waals surface area contributed by atoms with Gasteiger partial charge in [0, 0.05) is 55.6 Å². The maximum Gasteiger partial charge on any atom is 0.137 e. The molecule has 3 aliphatic rings. The Balaban J connectivity index is 0.916. The maximum atomic E-state index is 9.57. The van der Waals surface area contributed by atoms with Crippen LogP contribution in [0.3, 0.4) is 0 Å². The average molecular weight is 1240 g/mol. The average Bonchev–Trinajstić information content (AvgIpc) is 1.74. The number of hydrogen-bond acceptors (Lipinski definition) is 4. The van der Waals surface area contributed by atoms with Gasteiger partial charge in [-0.15, -0.1) is 0 Å². The van der Waals surface area contributed by atoms with Crippen molar-refractivity contribution in [2.45, 2.75) is 188 Å². The van der Waals surface area contributed by atoms with Crippen LogP contribution in [0.4, 0.5) is 22.7 Å². The zero-order chi connectivity index (χ0) is 68.9. The number of rotatable bonds is 9. The fraction of sp³-hybridized carbons (Fsp3) is 0.337. The standard InChI is InChI=1S/C89H96N4O/c1-56-47-77(90-54-69(56)79-80-71(86(11,12)43-45-88(80,15)16)53-72-81(79)89(17,18)46-44-87(72,13)14)93-75-40-28-36-64(57-29-20-19-21-30-57)78(75)66-42-41-63(52-76(66)93)94-62-34-27-33-61(51-62)91-55-92(74-39-25-24-38-73(74)91)82-67(58-31-26-32-59(48-58)83(2,3)4)49-60(84(5,6)7)50-68(82)65-35-22-23-37-70(65)85(8,9)10/h19-42,47-54H,43-46,55H2,1-18H3/i1D3. The van der Waals surface area contributed by atoms with E-state index >= 15 is 0 Å². The van der Waals surface area contributed by atoms with Crippen molar-refractivity contribution in [3.05, 3.63) is 239 Å². The number of benzene rings is 9. The van der Waals surface area contributed by atoms with E-state index in [-0.39, 0.29) is 37.9 Å². The molecule has 1 aliphatic heterocycles. The molecular formula is C89H96N4O. The Kier molecular flexibility index (Phi) is 14.0. The minimum Gasteiger partial charge on any atom is -0.457 e. The number of fused-ring (bicyclic) bond motifs is 6. The molecule has 2 aliphatic carbocycles. The molecule has 14 rings (SSSR count). The molecule has 0 saturated carbocycles. The predicted molar refractivity (Wildman–Crippen MR) is 400 cm³/mol. The van der Waals surface area contributed by atoms with Crippen molar-refractivity contribution in [1.82, 2.24) is 9.55 Å². The molecule has 478 valence electrons. The van der Waals surface area contributed by atoms with E-state index in [1.54, 1.807) is 0 Å². The number of para-hydroxylation sites is 2. The van der Waals surface area contributed by atoms with Crippen LogP contribution in [0.1, 0.15) is 192 Å². The van der Waals surface area contributed by atoms with Crippen LogP contribution in [0, 0.1) is 6.85 Å². The van der Waals surface area contributed by atoms with Crippen molar-refractivity contribution in [2.75, 3.05) is 16.5 Å². The van der Waals surface area contributed by atoms with Gasteiger partial charge in [0.25, 0.3) is 0 Å². The highest BCUT2D eigenvalue weighted by Gasteiger charge is 2.47. The lowest BCUT2D eigenvalue weighted by molar-refractivity contribution is 0.314. The van der Waals surface area contributed by atoms with Gasteiger partial charge in [-0.1, -0.05) is 233 Å². The smallest absolute Gasteiger partial charge is 0.137 e. The predicted octanol–water partition coefficient (Wildman–Crippen LogP) is 24.8. The highest BCUT2D eigenvalue weighted by atomic mass is 16.5. The summed E-state index contributed by atoms with van der Waals surface area (Å²) in [5, 5.41) is 2.06. The Bertz CT molecular complexity index is 4890. The summed E-state index contributed by atoms with van der Waals surface area (Å²) in [6, 6.07) is 68.2. The van der Waals surface area contributed by atoms with E-state index in [0.29, 0.717) is 35.1 Å². The molecule has 0 N–H and O–H groups in total. The van der Waals surface area contributed by atoms with Gasteiger partial charge in [0.1, 0.15) is 24.0 Å². The molecule has 0 atom stereocenters. The lowest BCUT2D eigenvalue weighted by atomic mass is 9.55. The molecule has 2 aromatic heterocycles. The number of aromatic nitrogens is 2. The number of anilines is 4. The van der Waals surface area contributed by atoms with Crippen LogP contribution in [0.2, 0.25) is 0 Å². The minimum atomic E-state index is -2.48. The molecule has 9 aromatic carbocycles. The molecule has 0 spiro atoms. The molecule has 94 heavy (non-hydrogen) atoms. The fourth-order valence-electron chi connectivity index (χ4n) is 16.0. The van der Waals surface area contributed by atoms with Crippen molar-refractivity contribution in [1.29, 1.82) is 0 Å². The molecule has 3 heterocycles. The summed E-state index contributed by atoms with van der Waals surface area (Å²) in [5.41, 5.74) is 23.5. The van der Waals surface area contributed by atoms with Gasteiger partial charge in [-0.2, -0.15) is 0 Å². The normalized spacial score (nSPS) is 17.1. The lowest BCUT2D eigenvalue weighted by Crippen LogP contribution is -2.40. The van der Waals surface area contributed by atoms with Gasteiger partial charge in [0.15, 0.2) is 0 Å². The third kappa shape index (κ3) is 10.7. The van der Waals surface area contributed by atoms with Gasteiger partial charge in [0.05, 0.1) is 28.1 Å². The maximum absolute atomic E-state index is 9.57. The largest absolute Gasteiger partial charge is 0.457 e. The van der Waals surface area contributed by atoms with E-state index in [1.165, 1.54) is 66.9 Å². The summed E-state index contributed by atoms with van der Waals surface area (Å²) in [6.45, 7) is 37.9. The molecule has 11 aromatic rings. The molecule has 5 nitrogen and oxygen atoms in total. The molecule has 0 fully saturated rings. The molecule has 5 heteroatoms. The molecule has 0 amide bonds. The van der Waals surface area contributed by atoms with Crippen molar-refractivity contribution in [3.8, 4) is 61.8 Å². The number of aryl methyl sites for hydroxylation is 1. The van der Waals surface area contributed by atoms with Crippen LogP contribution < -0.4 is 14.5 Å². The van der Waals surface area contributed by atoms with Crippen molar-refractivity contribution in [2.24, 2.45) is 0 Å². The van der Waals surface area contributed by atoms with Crippen LogP contribution >= 0.6 is 0 Å². The Morgan fingerprint density at radius 1 is 0.447 bits per heavy atom. The first kappa shape index (κ1) is 59.1. The summed E-state index contributed by atoms with van der Waals surface area (Å²) in [7, 11) is 0. The lowest BCUT2D eigenvalue weighted by Gasteiger charge is -2.49. The first-order chi connectivity index (χ1) is 45.6. The first-order valence-electron chi connectivity index (χ1n) is 35.8. The van der Waals surface area contributed by atoms with E-state index < -0.39 is 6.85 Å². The second-order valence-corrected chi connectivity index (χ2v) is 33.2. The van der Waals surface area contributed by atoms with Crippen molar-refractivity contribution >= 4 is 44.6 Å². The second kappa shape index (κ2) is 22.2. The fourth-order valence-corrected chi connectivity index (χ4v) is 16.0. The van der Waals surface area contributed by atoms with E-state index in [0.717, 1.165) is 81.2 Å². The SMILES string of the molecule is [2H]C([2H])([2H])c1cc(-n2c3cc(Oc4cccc(N5CN(c6c(-c7cccc(C(C)(C)C)c7)cc(C(C)(C)C)cc6-c6ccccc6C(C)(C)C)c6ccccc65)c4)ccc3c3c(-c4ccccc4)cccc32)ncc1-c1c2c(cc3c1C(C)(C)CCC3(C)C)C(C)(C)CCC2(C)C. The zero-order valence-corrected chi connectivity index (χ0v) is 58.7. The Hall–Kier alpha value is -8.67. The monoisotopic (exact) mass is 1240 g/mol. The molecule has 0 radical (unpaired) electrons. The van der Waals surface area contributed by atoms with E-state index in [2.05, 4.69) is 308 Å². The van der Waals surface area contributed by atoms with E-state index in [1.807, 2.05) is 18.3 Å². The van der Waals surface area contributed by atoms with Crippen molar-refractivity contribution in [3.63, 3.8) is 0 Å². The van der Waals surface area contributed by atoms with Crippen molar-refractivity contribution < 1.29 is 8.85 Å². The van der Waals surface area contributed by atoms with Gasteiger partial charge in [-0.05, 0) is 203 Å². The zero-order valence-electron chi connectivity index (χ0n) is 61.7. The minimum absolute atomic E-state index is 0.0526. The molecule has 0 saturated heterocycles.